The van der Waals surface area contributed by atoms with Crippen molar-refractivity contribution in [1.82, 2.24) is 24.9 Å². The zero-order valence-corrected chi connectivity index (χ0v) is 19.8. The van der Waals surface area contributed by atoms with E-state index in [2.05, 4.69) is 72.2 Å². The molecule has 1 amide bonds. The second kappa shape index (κ2) is 11.5. The van der Waals surface area contributed by atoms with Crippen molar-refractivity contribution in [1.29, 1.82) is 0 Å². The Bertz CT molecular complexity index is 735. The van der Waals surface area contributed by atoms with Gasteiger partial charge in [-0.1, -0.05) is 24.3 Å². The molecule has 0 saturated carbocycles. The molecule has 2 aliphatic rings. The number of guanidine groups is 1. The number of nitrogens with one attached hydrogen (secondary N) is 1. The van der Waals surface area contributed by atoms with E-state index in [0.717, 1.165) is 71.2 Å². The standard InChI is InChI=1S/C24H40N6O/c1-5-25-24(26-18-21-9-8-10-22(17-21)19-27(3)4)30-15-13-28(14-16-30)20(2)23(31)29-11-6-7-12-29/h8-10,17,20H,5-7,11-16,18-19H2,1-4H3,(H,25,26). The minimum atomic E-state index is -0.0285. The summed E-state index contributed by atoms with van der Waals surface area (Å²) in [6, 6.07) is 8.65. The van der Waals surface area contributed by atoms with E-state index < -0.39 is 0 Å². The van der Waals surface area contributed by atoms with E-state index in [1.54, 1.807) is 0 Å². The topological polar surface area (TPSA) is 54.4 Å². The van der Waals surface area contributed by atoms with Gasteiger partial charge in [0, 0.05) is 52.4 Å². The Morgan fingerprint density at radius 1 is 1.06 bits per heavy atom. The molecule has 0 radical (unpaired) electrons. The number of amides is 1. The summed E-state index contributed by atoms with van der Waals surface area (Å²) < 4.78 is 0. The third kappa shape index (κ3) is 6.68. The molecule has 1 aromatic rings. The van der Waals surface area contributed by atoms with Gasteiger partial charge in [0.05, 0.1) is 12.6 Å². The smallest absolute Gasteiger partial charge is 0.239 e. The number of carbonyl (C=O) groups excluding carboxylic acids is 1. The van der Waals surface area contributed by atoms with Gasteiger partial charge in [0.2, 0.25) is 5.91 Å². The second-order valence-corrected chi connectivity index (χ2v) is 8.96. The van der Waals surface area contributed by atoms with Crippen molar-refractivity contribution in [3.8, 4) is 0 Å². The van der Waals surface area contributed by atoms with Gasteiger partial charge in [-0.25, -0.2) is 4.99 Å². The average Bonchev–Trinajstić information content (AvgIpc) is 3.30. The summed E-state index contributed by atoms with van der Waals surface area (Å²) >= 11 is 0. The van der Waals surface area contributed by atoms with Gasteiger partial charge in [0.15, 0.2) is 5.96 Å². The van der Waals surface area contributed by atoms with Crippen LogP contribution < -0.4 is 5.32 Å². The molecular formula is C24H40N6O. The molecule has 0 spiro atoms. The maximum atomic E-state index is 12.7. The number of likely N-dealkylation sites (tertiary alicyclic amines) is 1. The molecule has 172 valence electrons. The highest BCUT2D eigenvalue weighted by atomic mass is 16.2. The number of benzene rings is 1. The molecule has 2 fully saturated rings. The zero-order chi connectivity index (χ0) is 22.2. The van der Waals surface area contributed by atoms with Crippen LogP contribution in [-0.4, -0.2) is 97.4 Å². The predicted molar refractivity (Wildman–Crippen MR) is 127 cm³/mol. The SMILES string of the molecule is CCNC(=NCc1cccc(CN(C)C)c1)N1CCN(C(C)C(=O)N2CCCC2)CC1. The van der Waals surface area contributed by atoms with E-state index in [9.17, 15) is 4.79 Å². The first-order valence-corrected chi connectivity index (χ1v) is 11.8. The number of hydrogen-bond acceptors (Lipinski definition) is 4. The van der Waals surface area contributed by atoms with Crippen LogP contribution in [0.3, 0.4) is 0 Å². The lowest BCUT2D eigenvalue weighted by Gasteiger charge is -2.39. The van der Waals surface area contributed by atoms with E-state index in [-0.39, 0.29) is 6.04 Å². The fourth-order valence-corrected chi connectivity index (χ4v) is 4.46. The summed E-state index contributed by atoms with van der Waals surface area (Å²) in [6.45, 7) is 12.1. The van der Waals surface area contributed by atoms with Crippen molar-refractivity contribution in [2.24, 2.45) is 4.99 Å². The molecule has 2 heterocycles. The molecule has 0 aromatic heterocycles. The maximum Gasteiger partial charge on any atom is 0.239 e. The van der Waals surface area contributed by atoms with Crippen LogP contribution in [0.25, 0.3) is 0 Å². The number of carbonyl (C=O) groups is 1. The molecule has 7 nitrogen and oxygen atoms in total. The lowest BCUT2D eigenvalue weighted by molar-refractivity contribution is -0.135. The first kappa shape index (κ1) is 23.5. The fourth-order valence-electron chi connectivity index (χ4n) is 4.46. The Labute approximate surface area is 188 Å². The van der Waals surface area contributed by atoms with Crippen LogP contribution in [0, 0.1) is 0 Å². The second-order valence-electron chi connectivity index (χ2n) is 8.96. The monoisotopic (exact) mass is 428 g/mol. The van der Waals surface area contributed by atoms with Gasteiger partial charge in [-0.3, -0.25) is 9.69 Å². The Morgan fingerprint density at radius 2 is 1.74 bits per heavy atom. The highest BCUT2D eigenvalue weighted by Gasteiger charge is 2.30. The van der Waals surface area contributed by atoms with E-state index >= 15 is 0 Å². The van der Waals surface area contributed by atoms with E-state index in [4.69, 9.17) is 4.99 Å². The van der Waals surface area contributed by atoms with Crippen molar-refractivity contribution in [3.63, 3.8) is 0 Å². The Hall–Kier alpha value is -2.12. The summed E-state index contributed by atoms with van der Waals surface area (Å²) in [6.07, 6.45) is 2.29. The van der Waals surface area contributed by atoms with Crippen LogP contribution in [0.2, 0.25) is 0 Å². The van der Waals surface area contributed by atoms with Crippen molar-refractivity contribution < 1.29 is 4.79 Å². The van der Waals surface area contributed by atoms with Gasteiger partial charge in [-0.15, -0.1) is 0 Å². The number of hydrogen-bond donors (Lipinski definition) is 1. The van der Waals surface area contributed by atoms with Gasteiger partial charge < -0.3 is 20.0 Å². The van der Waals surface area contributed by atoms with Crippen LogP contribution in [0.15, 0.2) is 29.3 Å². The zero-order valence-electron chi connectivity index (χ0n) is 19.8. The van der Waals surface area contributed by atoms with Crippen LogP contribution in [0.4, 0.5) is 0 Å². The first-order chi connectivity index (χ1) is 15.0. The van der Waals surface area contributed by atoms with Crippen molar-refractivity contribution in [2.45, 2.75) is 45.8 Å². The fraction of sp³-hybridized carbons (Fsp3) is 0.667. The van der Waals surface area contributed by atoms with Crippen LogP contribution in [0.1, 0.15) is 37.8 Å². The minimum absolute atomic E-state index is 0.0285. The number of nitrogens with zero attached hydrogens (tertiary/aromatic N) is 5. The molecule has 1 atom stereocenters. The molecule has 1 N–H and O–H groups in total. The molecular weight excluding hydrogens is 388 g/mol. The van der Waals surface area contributed by atoms with Crippen molar-refractivity contribution in [3.05, 3.63) is 35.4 Å². The number of aliphatic imine (C=N–C) groups is 1. The van der Waals surface area contributed by atoms with Crippen LogP contribution in [-0.2, 0) is 17.9 Å². The summed E-state index contributed by atoms with van der Waals surface area (Å²) in [5, 5.41) is 3.45. The summed E-state index contributed by atoms with van der Waals surface area (Å²) in [5.74, 6) is 1.27. The summed E-state index contributed by atoms with van der Waals surface area (Å²) in [7, 11) is 4.18. The molecule has 0 aliphatic carbocycles. The van der Waals surface area contributed by atoms with Gasteiger partial charge in [-0.05, 0) is 51.9 Å². The predicted octanol–water partition coefficient (Wildman–Crippen LogP) is 1.84. The van der Waals surface area contributed by atoms with E-state index in [1.165, 1.54) is 11.1 Å². The van der Waals surface area contributed by atoms with Gasteiger partial charge in [-0.2, -0.15) is 0 Å². The molecule has 3 rings (SSSR count). The summed E-state index contributed by atoms with van der Waals surface area (Å²) in [4.78, 5) is 26.5. The largest absolute Gasteiger partial charge is 0.357 e. The molecule has 7 heteroatoms. The number of piperazine rings is 1. The molecule has 1 unspecified atom stereocenters. The van der Waals surface area contributed by atoms with Crippen molar-refractivity contribution in [2.75, 3.05) is 59.9 Å². The lowest BCUT2D eigenvalue weighted by Crippen LogP contribution is -2.57. The molecule has 31 heavy (non-hydrogen) atoms. The molecule has 0 bridgehead atoms. The third-order valence-corrected chi connectivity index (χ3v) is 6.17. The summed E-state index contributed by atoms with van der Waals surface area (Å²) in [5.41, 5.74) is 2.55. The Balaban J connectivity index is 1.56. The highest BCUT2D eigenvalue weighted by Crippen LogP contribution is 2.14. The minimum Gasteiger partial charge on any atom is -0.357 e. The van der Waals surface area contributed by atoms with Gasteiger partial charge in [0.1, 0.15) is 0 Å². The maximum absolute atomic E-state index is 12.7. The molecule has 2 saturated heterocycles. The molecule has 1 aromatic carbocycles. The van der Waals surface area contributed by atoms with E-state index in [1.807, 2.05) is 4.90 Å². The molecule has 2 aliphatic heterocycles. The quantitative estimate of drug-likeness (QED) is 0.531. The normalized spacial score (nSPS) is 19.2. The van der Waals surface area contributed by atoms with Gasteiger partial charge in [0.25, 0.3) is 0 Å². The van der Waals surface area contributed by atoms with Gasteiger partial charge >= 0.3 is 0 Å². The van der Waals surface area contributed by atoms with E-state index in [0.29, 0.717) is 12.5 Å². The van der Waals surface area contributed by atoms with Crippen molar-refractivity contribution >= 4 is 11.9 Å². The first-order valence-electron chi connectivity index (χ1n) is 11.8. The highest BCUT2D eigenvalue weighted by molar-refractivity contribution is 5.82. The Morgan fingerprint density at radius 3 is 2.39 bits per heavy atom. The third-order valence-electron chi connectivity index (χ3n) is 6.17. The van der Waals surface area contributed by atoms with Crippen LogP contribution >= 0.6 is 0 Å². The number of rotatable bonds is 7. The lowest BCUT2D eigenvalue weighted by atomic mass is 10.1. The van der Waals surface area contributed by atoms with Crippen LogP contribution in [0.5, 0.6) is 0 Å². The Kier molecular flexibility index (Phi) is 8.72. The average molecular weight is 429 g/mol.